The van der Waals surface area contributed by atoms with Crippen molar-refractivity contribution in [3.8, 4) is 6.07 Å². The second kappa shape index (κ2) is 7.89. The fraction of sp³-hybridized carbons (Fsp3) is 0.167. The average Bonchev–Trinajstić information content (AvgIpc) is 3.11. The lowest BCUT2D eigenvalue weighted by atomic mass is 10.1. The molecule has 0 aliphatic carbocycles. The second-order valence-electron chi connectivity index (χ2n) is 5.48. The van der Waals surface area contributed by atoms with E-state index in [-0.39, 0.29) is 11.8 Å². The van der Waals surface area contributed by atoms with Crippen LogP contribution in [0.25, 0.3) is 0 Å². The van der Waals surface area contributed by atoms with E-state index in [1.165, 1.54) is 0 Å². The first kappa shape index (κ1) is 17.8. The van der Waals surface area contributed by atoms with Crippen molar-refractivity contribution >= 4 is 51.9 Å². The first-order valence-corrected chi connectivity index (χ1v) is 9.77. The minimum absolute atomic E-state index is 0.136. The Hall–Kier alpha value is -2.05. The van der Waals surface area contributed by atoms with E-state index in [4.69, 9.17) is 5.26 Å². The van der Waals surface area contributed by atoms with Crippen molar-refractivity contribution in [1.29, 1.82) is 5.26 Å². The van der Waals surface area contributed by atoms with Gasteiger partial charge in [0.2, 0.25) is 5.91 Å². The van der Waals surface area contributed by atoms with Gasteiger partial charge in [-0.1, -0.05) is 6.07 Å². The zero-order valence-electron chi connectivity index (χ0n) is 13.1. The van der Waals surface area contributed by atoms with Gasteiger partial charge in [-0.15, -0.1) is 11.8 Å². The van der Waals surface area contributed by atoms with Crippen LogP contribution in [-0.2, 0) is 4.79 Å². The SMILES string of the molecule is N#Cc1ccc(NC(=O)C2CSCN2C(=O)c2cccc(I)c2)cc1. The summed E-state index contributed by atoms with van der Waals surface area (Å²) in [4.78, 5) is 26.9. The Morgan fingerprint density at radius 2 is 2.00 bits per heavy atom. The Balaban J connectivity index is 1.73. The number of anilines is 1. The van der Waals surface area contributed by atoms with E-state index in [0.29, 0.717) is 28.4 Å². The van der Waals surface area contributed by atoms with Gasteiger partial charge in [0, 0.05) is 20.6 Å². The molecule has 1 fully saturated rings. The third-order valence-electron chi connectivity index (χ3n) is 3.80. The lowest BCUT2D eigenvalue weighted by Gasteiger charge is -2.23. The van der Waals surface area contributed by atoms with Crippen LogP contribution in [0, 0.1) is 14.9 Å². The number of nitrogens with zero attached hydrogens (tertiary/aromatic N) is 2. The van der Waals surface area contributed by atoms with Gasteiger partial charge in [0.05, 0.1) is 17.5 Å². The van der Waals surface area contributed by atoms with E-state index in [9.17, 15) is 9.59 Å². The number of carbonyl (C=O) groups is 2. The van der Waals surface area contributed by atoms with Crippen LogP contribution in [0.4, 0.5) is 5.69 Å². The molecule has 1 unspecified atom stereocenters. The molecule has 0 saturated carbocycles. The maximum Gasteiger partial charge on any atom is 0.255 e. The van der Waals surface area contributed by atoms with Crippen molar-refractivity contribution in [1.82, 2.24) is 4.90 Å². The number of hydrogen-bond donors (Lipinski definition) is 1. The predicted octanol–water partition coefficient (Wildman–Crippen LogP) is 3.32. The monoisotopic (exact) mass is 463 g/mol. The molecule has 1 aliphatic heterocycles. The Morgan fingerprint density at radius 1 is 1.24 bits per heavy atom. The molecule has 1 atom stereocenters. The smallest absolute Gasteiger partial charge is 0.255 e. The third-order valence-corrected chi connectivity index (χ3v) is 5.48. The van der Waals surface area contributed by atoms with Crippen LogP contribution in [-0.4, -0.2) is 34.4 Å². The van der Waals surface area contributed by atoms with E-state index in [1.807, 2.05) is 24.3 Å². The molecule has 1 aliphatic rings. The topological polar surface area (TPSA) is 73.2 Å². The van der Waals surface area contributed by atoms with E-state index in [0.717, 1.165) is 3.57 Å². The van der Waals surface area contributed by atoms with Gasteiger partial charge < -0.3 is 10.2 Å². The molecular formula is C18H14IN3O2S. The summed E-state index contributed by atoms with van der Waals surface area (Å²) in [6.07, 6.45) is 0. The third kappa shape index (κ3) is 4.14. The highest BCUT2D eigenvalue weighted by molar-refractivity contribution is 14.1. The summed E-state index contributed by atoms with van der Waals surface area (Å²) in [5.74, 6) is 0.713. The maximum absolute atomic E-state index is 12.7. The Labute approximate surface area is 163 Å². The molecule has 1 heterocycles. The fourth-order valence-corrected chi connectivity index (χ4v) is 4.20. The lowest BCUT2D eigenvalue weighted by molar-refractivity contribution is -0.119. The highest BCUT2D eigenvalue weighted by Crippen LogP contribution is 2.25. The van der Waals surface area contributed by atoms with E-state index in [2.05, 4.69) is 27.9 Å². The number of amides is 2. The highest BCUT2D eigenvalue weighted by atomic mass is 127. The Bertz CT molecular complexity index is 848. The van der Waals surface area contributed by atoms with E-state index < -0.39 is 6.04 Å². The van der Waals surface area contributed by atoms with Gasteiger partial charge in [-0.3, -0.25) is 9.59 Å². The van der Waals surface area contributed by atoms with Crippen LogP contribution >= 0.6 is 34.4 Å². The highest BCUT2D eigenvalue weighted by Gasteiger charge is 2.35. The Morgan fingerprint density at radius 3 is 2.68 bits per heavy atom. The minimum atomic E-state index is -0.508. The van der Waals surface area contributed by atoms with Crippen LogP contribution in [0.15, 0.2) is 48.5 Å². The van der Waals surface area contributed by atoms with Crippen LogP contribution in [0.5, 0.6) is 0 Å². The van der Waals surface area contributed by atoms with Crippen molar-refractivity contribution in [2.45, 2.75) is 6.04 Å². The molecular weight excluding hydrogens is 449 g/mol. The largest absolute Gasteiger partial charge is 0.324 e. The molecule has 0 radical (unpaired) electrons. The van der Waals surface area contributed by atoms with Crippen LogP contribution in [0.3, 0.4) is 0 Å². The van der Waals surface area contributed by atoms with Crippen molar-refractivity contribution in [3.63, 3.8) is 0 Å². The zero-order valence-corrected chi connectivity index (χ0v) is 16.1. The first-order chi connectivity index (χ1) is 12.1. The molecule has 1 N–H and O–H groups in total. The van der Waals surface area contributed by atoms with Gasteiger partial charge in [0.15, 0.2) is 0 Å². The number of thioether (sulfide) groups is 1. The standard InChI is InChI=1S/C18H14IN3O2S/c19-14-3-1-2-13(8-14)18(24)22-11-25-10-16(22)17(23)21-15-6-4-12(9-20)5-7-15/h1-8,16H,10-11H2,(H,21,23). The van der Waals surface area contributed by atoms with Crippen molar-refractivity contribution < 1.29 is 9.59 Å². The van der Waals surface area contributed by atoms with Crippen LogP contribution in [0.2, 0.25) is 0 Å². The normalized spacial score (nSPS) is 16.3. The summed E-state index contributed by atoms with van der Waals surface area (Å²) in [7, 11) is 0. The van der Waals surface area contributed by atoms with Gasteiger partial charge >= 0.3 is 0 Å². The van der Waals surface area contributed by atoms with Crippen molar-refractivity contribution in [2.75, 3.05) is 16.9 Å². The quantitative estimate of drug-likeness (QED) is 0.710. The molecule has 3 rings (SSSR count). The van der Waals surface area contributed by atoms with Gasteiger partial charge in [0.25, 0.3) is 5.91 Å². The summed E-state index contributed by atoms with van der Waals surface area (Å²) in [5, 5.41) is 11.6. The number of halogens is 1. The summed E-state index contributed by atoms with van der Waals surface area (Å²) in [6.45, 7) is 0. The number of benzene rings is 2. The predicted molar refractivity (Wildman–Crippen MR) is 106 cm³/mol. The molecule has 5 nitrogen and oxygen atoms in total. The average molecular weight is 463 g/mol. The summed E-state index contributed by atoms with van der Waals surface area (Å²) in [6, 6.07) is 15.5. The molecule has 25 heavy (non-hydrogen) atoms. The molecule has 1 saturated heterocycles. The number of carbonyl (C=O) groups excluding carboxylic acids is 2. The molecule has 0 aromatic heterocycles. The Kier molecular flexibility index (Phi) is 5.60. The molecule has 2 amide bonds. The van der Waals surface area contributed by atoms with Gasteiger partial charge in [-0.25, -0.2) is 0 Å². The van der Waals surface area contributed by atoms with Crippen molar-refractivity contribution in [2.24, 2.45) is 0 Å². The number of nitrogens with one attached hydrogen (secondary N) is 1. The number of nitriles is 1. The molecule has 0 spiro atoms. The zero-order chi connectivity index (χ0) is 17.8. The minimum Gasteiger partial charge on any atom is -0.324 e. The maximum atomic E-state index is 12.7. The number of hydrogen-bond acceptors (Lipinski definition) is 4. The number of rotatable bonds is 3. The fourth-order valence-electron chi connectivity index (χ4n) is 2.50. The van der Waals surface area contributed by atoms with E-state index in [1.54, 1.807) is 47.0 Å². The molecule has 0 bridgehead atoms. The second-order valence-corrected chi connectivity index (χ2v) is 7.72. The molecule has 7 heteroatoms. The first-order valence-electron chi connectivity index (χ1n) is 7.54. The van der Waals surface area contributed by atoms with Gasteiger partial charge in [-0.05, 0) is 65.1 Å². The summed E-state index contributed by atoms with van der Waals surface area (Å²) >= 11 is 3.73. The van der Waals surface area contributed by atoms with Crippen LogP contribution < -0.4 is 5.32 Å². The van der Waals surface area contributed by atoms with Gasteiger partial charge in [0.1, 0.15) is 6.04 Å². The molecule has 2 aromatic carbocycles. The van der Waals surface area contributed by atoms with E-state index >= 15 is 0 Å². The summed E-state index contributed by atoms with van der Waals surface area (Å²) in [5.41, 5.74) is 1.73. The van der Waals surface area contributed by atoms with Crippen LogP contribution in [0.1, 0.15) is 15.9 Å². The molecule has 126 valence electrons. The summed E-state index contributed by atoms with van der Waals surface area (Å²) < 4.78 is 0.980. The lowest BCUT2D eigenvalue weighted by Crippen LogP contribution is -2.44. The van der Waals surface area contributed by atoms with Gasteiger partial charge in [-0.2, -0.15) is 5.26 Å². The van der Waals surface area contributed by atoms with Crippen molar-refractivity contribution in [3.05, 3.63) is 63.2 Å². The molecule has 2 aromatic rings.